The van der Waals surface area contributed by atoms with Crippen molar-refractivity contribution in [3.63, 3.8) is 0 Å². The van der Waals surface area contributed by atoms with E-state index in [1.807, 2.05) is 6.07 Å². The van der Waals surface area contributed by atoms with Crippen LogP contribution in [0.3, 0.4) is 0 Å². The molecule has 1 aliphatic rings. The molecule has 0 saturated carbocycles. The van der Waals surface area contributed by atoms with Gasteiger partial charge in [-0.3, -0.25) is 9.59 Å². The molecule has 0 fully saturated rings. The summed E-state index contributed by atoms with van der Waals surface area (Å²) in [5.41, 5.74) is 1.34. The van der Waals surface area contributed by atoms with E-state index >= 15 is 0 Å². The summed E-state index contributed by atoms with van der Waals surface area (Å²) in [5.74, 6) is 0.687. The van der Waals surface area contributed by atoms with Crippen LogP contribution in [0.5, 0.6) is 11.5 Å². The highest BCUT2D eigenvalue weighted by Crippen LogP contribution is 2.36. The van der Waals surface area contributed by atoms with E-state index < -0.39 is 0 Å². The molecule has 1 amide bonds. The molecular formula is C18H16BrNO4. The van der Waals surface area contributed by atoms with Crippen LogP contribution in [-0.4, -0.2) is 24.9 Å². The average molecular weight is 390 g/mol. The first-order chi connectivity index (χ1) is 11.6. The maximum Gasteiger partial charge on any atom is 0.255 e. The van der Waals surface area contributed by atoms with E-state index in [-0.39, 0.29) is 11.7 Å². The van der Waals surface area contributed by atoms with E-state index in [2.05, 4.69) is 21.2 Å². The van der Waals surface area contributed by atoms with Gasteiger partial charge in [0.1, 0.15) is 13.2 Å². The summed E-state index contributed by atoms with van der Waals surface area (Å²) in [6, 6.07) is 10.3. The number of nitrogens with one attached hydrogen (secondary N) is 1. The number of rotatable bonds is 4. The number of benzene rings is 2. The van der Waals surface area contributed by atoms with Gasteiger partial charge in [0.2, 0.25) is 0 Å². The van der Waals surface area contributed by atoms with Crippen LogP contribution in [0.1, 0.15) is 34.1 Å². The summed E-state index contributed by atoms with van der Waals surface area (Å²) in [4.78, 5) is 24.7. The summed E-state index contributed by atoms with van der Waals surface area (Å²) >= 11 is 3.34. The van der Waals surface area contributed by atoms with E-state index in [1.165, 1.54) is 0 Å². The standard InChI is InChI=1S/C18H16BrNO4/c1-2-15(21)13-9-16-17(24-7-6-23-16)10-14(13)20-18(22)11-4-3-5-12(19)8-11/h3-5,8-10H,2,6-7H2,1H3,(H,20,22). The van der Waals surface area contributed by atoms with Crippen LogP contribution in [-0.2, 0) is 0 Å². The summed E-state index contributed by atoms with van der Waals surface area (Å²) in [5, 5.41) is 2.80. The molecule has 0 saturated heterocycles. The molecule has 2 aromatic rings. The number of fused-ring (bicyclic) bond motifs is 1. The van der Waals surface area contributed by atoms with Crippen LogP contribution in [0.2, 0.25) is 0 Å². The van der Waals surface area contributed by atoms with Crippen LogP contribution in [0.4, 0.5) is 5.69 Å². The van der Waals surface area contributed by atoms with Gasteiger partial charge in [0.15, 0.2) is 17.3 Å². The van der Waals surface area contributed by atoms with Gasteiger partial charge in [0.25, 0.3) is 5.91 Å². The maximum absolute atomic E-state index is 12.5. The Morgan fingerprint density at radius 1 is 1.12 bits per heavy atom. The molecule has 2 aromatic carbocycles. The maximum atomic E-state index is 12.5. The Balaban J connectivity index is 1.96. The molecule has 1 N–H and O–H groups in total. The number of Topliss-reactive ketones (excluding diaryl/α,β-unsaturated/α-hetero) is 1. The van der Waals surface area contributed by atoms with Gasteiger partial charge >= 0.3 is 0 Å². The second-order valence-corrected chi connectivity index (χ2v) is 6.20. The molecule has 6 heteroatoms. The Morgan fingerprint density at radius 3 is 2.50 bits per heavy atom. The smallest absolute Gasteiger partial charge is 0.255 e. The molecular weight excluding hydrogens is 374 g/mol. The van der Waals surface area contributed by atoms with Crippen LogP contribution < -0.4 is 14.8 Å². The normalized spacial score (nSPS) is 12.6. The van der Waals surface area contributed by atoms with Crippen molar-refractivity contribution in [1.29, 1.82) is 0 Å². The zero-order chi connectivity index (χ0) is 17.1. The highest BCUT2D eigenvalue weighted by molar-refractivity contribution is 9.10. The van der Waals surface area contributed by atoms with Gasteiger partial charge in [-0.15, -0.1) is 0 Å². The first kappa shape index (κ1) is 16.5. The largest absolute Gasteiger partial charge is 0.486 e. The van der Waals surface area contributed by atoms with Crippen LogP contribution in [0.25, 0.3) is 0 Å². The number of carbonyl (C=O) groups is 2. The van der Waals surface area contributed by atoms with Crippen LogP contribution >= 0.6 is 15.9 Å². The highest BCUT2D eigenvalue weighted by atomic mass is 79.9. The molecule has 3 rings (SSSR count). The van der Waals surface area contributed by atoms with Crippen molar-refractivity contribution in [2.24, 2.45) is 0 Å². The summed E-state index contributed by atoms with van der Waals surface area (Å²) in [6.07, 6.45) is 0.333. The zero-order valence-corrected chi connectivity index (χ0v) is 14.7. The van der Waals surface area contributed by atoms with Crippen molar-refractivity contribution >= 4 is 33.3 Å². The number of anilines is 1. The van der Waals surface area contributed by atoms with Gasteiger partial charge in [-0.1, -0.05) is 28.9 Å². The lowest BCUT2D eigenvalue weighted by molar-refractivity contribution is 0.0988. The zero-order valence-electron chi connectivity index (χ0n) is 13.1. The first-order valence-electron chi connectivity index (χ1n) is 7.62. The average Bonchev–Trinajstić information content (AvgIpc) is 2.60. The minimum atomic E-state index is -0.293. The van der Waals surface area contributed by atoms with Crippen molar-refractivity contribution in [2.45, 2.75) is 13.3 Å². The van der Waals surface area contributed by atoms with Crippen molar-refractivity contribution in [1.82, 2.24) is 0 Å². The van der Waals surface area contributed by atoms with Gasteiger partial charge in [-0.25, -0.2) is 0 Å². The van der Waals surface area contributed by atoms with E-state index in [4.69, 9.17) is 9.47 Å². The summed E-state index contributed by atoms with van der Waals surface area (Å²) < 4.78 is 11.9. The fourth-order valence-corrected chi connectivity index (χ4v) is 2.84. The molecule has 124 valence electrons. The number of hydrogen-bond acceptors (Lipinski definition) is 4. The summed E-state index contributed by atoms with van der Waals surface area (Å²) in [6.45, 7) is 2.66. The second kappa shape index (κ2) is 7.05. The van der Waals surface area contributed by atoms with E-state index in [0.29, 0.717) is 47.9 Å². The van der Waals surface area contributed by atoms with Crippen molar-refractivity contribution < 1.29 is 19.1 Å². The lowest BCUT2D eigenvalue weighted by Crippen LogP contribution is -2.18. The van der Waals surface area contributed by atoms with E-state index in [0.717, 1.165) is 4.47 Å². The van der Waals surface area contributed by atoms with Crippen molar-refractivity contribution in [2.75, 3.05) is 18.5 Å². The van der Waals surface area contributed by atoms with Gasteiger partial charge < -0.3 is 14.8 Å². The SMILES string of the molecule is CCC(=O)c1cc2c(cc1NC(=O)c1cccc(Br)c1)OCCO2. The highest BCUT2D eigenvalue weighted by Gasteiger charge is 2.20. The fraction of sp³-hybridized carbons (Fsp3) is 0.222. The molecule has 0 aliphatic carbocycles. The number of carbonyl (C=O) groups excluding carboxylic acids is 2. The number of ketones is 1. The third kappa shape index (κ3) is 3.43. The van der Waals surface area contributed by atoms with Crippen molar-refractivity contribution in [3.8, 4) is 11.5 Å². The molecule has 0 unspecified atom stereocenters. The Bertz CT molecular complexity index is 804. The molecule has 0 atom stereocenters. The quantitative estimate of drug-likeness (QED) is 0.800. The van der Waals surface area contributed by atoms with Crippen LogP contribution in [0, 0.1) is 0 Å². The van der Waals surface area contributed by atoms with E-state index in [1.54, 1.807) is 37.3 Å². The topological polar surface area (TPSA) is 64.6 Å². The fourth-order valence-electron chi connectivity index (χ4n) is 2.44. The second-order valence-electron chi connectivity index (χ2n) is 5.28. The third-order valence-electron chi connectivity index (χ3n) is 3.64. The Kier molecular flexibility index (Phi) is 4.85. The van der Waals surface area contributed by atoms with Gasteiger partial charge in [-0.2, -0.15) is 0 Å². The minimum Gasteiger partial charge on any atom is -0.486 e. The Labute approximate surface area is 148 Å². The molecule has 1 heterocycles. The number of amides is 1. The van der Waals surface area contributed by atoms with Gasteiger partial charge in [-0.05, 0) is 24.3 Å². The lowest BCUT2D eigenvalue weighted by Gasteiger charge is -2.21. The Hall–Kier alpha value is -2.34. The molecule has 0 radical (unpaired) electrons. The van der Waals surface area contributed by atoms with Crippen molar-refractivity contribution in [3.05, 3.63) is 52.0 Å². The van der Waals surface area contributed by atoms with Crippen LogP contribution in [0.15, 0.2) is 40.9 Å². The monoisotopic (exact) mass is 389 g/mol. The lowest BCUT2D eigenvalue weighted by atomic mass is 10.0. The number of halogens is 1. The first-order valence-corrected chi connectivity index (χ1v) is 8.41. The summed E-state index contributed by atoms with van der Waals surface area (Å²) in [7, 11) is 0. The minimum absolute atomic E-state index is 0.0727. The molecule has 0 aromatic heterocycles. The number of hydrogen-bond donors (Lipinski definition) is 1. The van der Waals surface area contributed by atoms with E-state index in [9.17, 15) is 9.59 Å². The predicted molar refractivity (Wildman–Crippen MR) is 94.1 cm³/mol. The van der Waals surface area contributed by atoms with Gasteiger partial charge in [0.05, 0.1) is 5.69 Å². The molecule has 0 spiro atoms. The molecule has 0 bridgehead atoms. The number of ether oxygens (including phenoxy) is 2. The Morgan fingerprint density at radius 2 is 1.83 bits per heavy atom. The molecule has 5 nitrogen and oxygen atoms in total. The third-order valence-corrected chi connectivity index (χ3v) is 4.13. The molecule has 24 heavy (non-hydrogen) atoms. The van der Waals surface area contributed by atoms with Gasteiger partial charge in [0, 0.05) is 28.1 Å². The molecule has 1 aliphatic heterocycles. The predicted octanol–water partition coefficient (Wildman–Crippen LogP) is 4.07.